The van der Waals surface area contributed by atoms with Gasteiger partial charge in [-0.15, -0.1) is 0 Å². The highest BCUT2D eigenvalue weighted by Gasteiger charge is 2.32. The van der Waals surface area contributed by atoms with Crippen LogP contribution in [0.2, 0.25) is 0 Å². The second-order valence-electron chi connectivity index (χ2n) is 12.3. The number of hydrogen-bond acceptors (Lipinski definition) is 6. The first kappa shape index (κ1) is 34.7. The average Bonchev–Trinajstić information content (AvgIpc) is 2.94. The van der Waals surface area contributed by atoms with Crippen LogP contribution < -0.4 is 11.1 Å². The van der Waals surface area contributed by atoms with Gasteiger partial charge in [-0.3, -0.25) is 9.59 Å². The highest BCUT2D eigenvalue weighted by Crippen LogP contribution is 2.33. The lowest BCUT2D eigenvalue weighted by Gasteiger charge is -2.30. The molecule has 2 atom stereocenters. The first-order valence-electron chi connectivity index (χ1n) is 15.1. The van der Waals surface area contributed by atoms with Crippen LogP contribution in [0.3, 0.4) is 0 Å². The third-order valence-corrected chi connectivity index (χ3v) is 7.35. The monoisotopic (exact) mass is 609 g/mol. The summed E-state index contributed by atoms with van der Waals surface area (Å²) in [7, 11) is 0. The molecular weight excluding hydrogens is 564 g/mol. The number of aryl methyl sites for hydroxylation is 1. The van der Waals surface area contributed by atoms with Gasteiger partial charge in [-0.25, -0.2) is 18.7 Å². The highest BCUT2D eigenvalue weighted by atomic mass is 19.1. The number of carbonyl (C=O) groups is 2. The maximum Gasteiger partial charge on any atom is 0.254 e. The summed E-state index contributed by atoms with van der Waals surface area (Å²) in [5.74, 6) is -2.82. The van der Waals surface area contributed by atoms with Crippen LogP contribution in [0.25, 0.3) is 0 Å². The molecule has 0 unspecified atom stereocenters. The quantitative estimate of drug-likeness (QED) is 0.231. The van der Waals surface area contributed by atoms with Gasteiger partial charge < -0.3 is 21.1 Å². The fourth-order valence-corrected chi connectivity index (χ4v) is 5.36. The number of aromatic nitrogens is 2. The van der Waals surface area contributed by atoms with Crippen molar-refractivity contribution in [2.45, 2.75) is 84.8 Å². The SMILES string of the molecule is CCCN(CCC)C(=O)c1cc(C)cc(C(N)=O)c1[C@H](Cc1cc(F)cc(F)c1)[C@@H](O)CNCc1ccnc(C(C)(C)C)n1. The zero-order chi connectivity index (χ0) is 32.6. The second-order valence-corrected chi connectivity index (χ2v) is 12.3. The van der Waals surface area contributed by atoms with Crippen LogP contribution in [0.15, 0.2) is 42.6 Å². The Morgan fingerprint density at radius 1 is 1.02 bits per heavy atom. The Hall–Kier alpha value is -3.76. The Labute approximate surface area is 259 Å². The van der Waals surface area contributed by atoms with E-state index in [0.717, 1.165) is 24.6 Å². The molecule has 0 saturated heterocycles. The van der Waals surface area contributed by atoms with E-state index < -0.39 is 29.6 Å². The van der Waals surface area contributed by atoms with Crippen LogP contribution in [-0.2, 0) is 18.4 Å². The minimum absolute atomic E-state index is 0.0324. The van der Waals surface area contributed by atoms with Crippen molar-refractivity contribution in [2.75, 3.05) is 19.6 Å². The van der Waals surface area contributed by atoms with Crippen molar-refractivity contribution < 1.29 is 23.5 Å². The number of hydrogen-bond donors (Lipinski definition) is 3. The summed E-state index contributed by atoms with van der Waals surface area (Å²) in [5.41, 5.74) is 7.85. The number of aliphatic hydroxyl groups excluding tert-OH is 1. The normalized spacial score (nSPS) is 13.0. The van der Waals surface area contributed by atoms with Crippen LogP contribution >= 0.6 is 0 Å². The van der Waals surface area contributed by atoms with Gasteiger partial charge in [-0.2, -0.15) is 0 Å². The van der Waals surface area contributed by atoms with Gasteiger partial charge in [0.2, 0.25) is 5.91 Å². The third kappa shape index (κ3) is 9.12. The smallest absolute Gasteiger partial charge is 0.254 e. The molecule has 1 aromatic heterocycles. The van der Waals surface area contributed by atoms with E-state index in [9.17, 15) is 23.5 Å². The Morgan fingerprint density at radius 2 is 1.64 bits per heavy atom. The zero-order valence-corrected chi connectivity index (χ0v) is 26.6. The fraction of sp³-hybridized carbons (Fsp3) is 0.471. The van der Waals surface area contributed by atoms with E-state index in [1.165, 1.54) is 12.1 Å². The summed E-state index contributed by atoms with van der Waals surface area (Å²) in [4.78, 5) is 37.5. The van der Waals surface area contributed by atoms with Gasteiger partial charge in [0.05, 0.1) is 11.8 Å². The lowest BCUT2D eigenvalue weighted by molar-refractivity contribution is 0.0751. The molecule has 0 aliphatic rings. The van der Waals surface area contributed by atoms with Crippen molar-refractivity contribution in [2.24, 2.45) is 5.73 Å². The molecule has 0 radical (unpaired) electrons. The van der Waals surface area contributed by atoms with Crippen LogP contribution in [0.1, 0.15) is 102 Å². The number of halogens is 2. The number of aliphatic hydroxyl groups is 1. The van der Waals surface area contributed by atoms with E-state index in [2.05, 4.69) is 15.3 Å². The largest absolute Gasteiger partial charge is 0.391 e. The number of carbonyl (C=O) groups excluding carboxylic acids is 2. The van der Waals surface area contributed by atoms with E-state index in [0.29, 0.717) is 31.0 Å². The maximum absolute atomic E-state index is 14.3. The van der Waals surface area contributed by atoms with Crippen molar-refractivity contribution in [1.29, 1.82) is 0 Å². The van der Waals surface area contributed by atoms with E-state index in [4.69, 9.17) is 5.73 Å². The topological polar surface area (TPSA) is 121 Å². The van der Waals surface area contributed by atoms with Crippen LogP contribution in [0, 0.1) is 18.6 Å². The molecule has 0 bridgehead atoms. The molecule has 2 amide bonds. The molecule has 2 aromatic carbocycles. The molecule has 3 aromatic rings. The molecule has 10 heteroatoms. The zero-order valence-electron chi connectivity index (χ0n) is 26.6. The van der Waals surface area contributed by atoms with E-state index in [1.54, 1.807) is 36.2 Å². The third-order valence-electron chi connectivity index (χ3n) is 7.35. The molecule has 4 N–H and O–H groups in total. The fourth-order valence-electron chi connectivity index (χ4n) is 5.36. The molecule has 3 rings (SSSR count). The van der Waals surface area contributed by atoms with Gasteiger partial charge in [0.25, 0.3) is 5.91 Å². The minimum atomic E-state index is -1.18. The van der Waals surface area contributed by atoms with Gasteiger partial charge >= 0.3 is 0 Å². The van der Waals surface area contributed by atoms with Crippen molar-refractivity contribution in [3.8, 4) is 0 Å². The molecule has 44 heavy (non-hydrogen) atoms. The Morgan fingerprint density at radius 3 is 2.20 bits per heavy atom. The second kappa shape index (κ2) is 15.3. The van der Waals surface area contributed by atoms with Gasteiger partial charge in [0.1, 0.15) is 17.5 Å². The molecule has 0 aliphatic carbocycles. The molecule has 0 aliphatic heterocycles. The summed E-state index contributed by atoms with van der Waals surface area (Å²) in [5, 5.41) is 14.9. The molecular formula is C34H45F2N5O3. The van der Waals surface area contributed by atoms with Gasteiger partial charge in [0.15, 0.2) is 0 Å². The first-order chi connectivity index (χ1) is 20.7. The number of rotatable bonds is 14. The van der Waals surface area contributed by atoms with Gasteiger partial charge in [-0.1, -0.05) is 34.6 Å². The van der Waals surface area contributed by atoms with Gasteiger partial charge in [-0.05, 0) is 73.2 Å². The molecule has 1 heterocycles. The molecule has 0 spiro atoms. The van der Waals surface area contributed by atoms with Crippen molar-refractivity contribution in [3.05, 3.63) is 93.6 Å². The summed E-state index contributed by atoms with van der Waals surface area (Å²) in [6.07, 6.45) is 1.92. The number of amides is 2. The van der Waals surface area contributed by atoms with E-state index in [-0.39, 0.29) is 46.5 Å². The first-order valence-corrected chi connectivity index (χ1v) is 15.1. The number of primary amides is 1. The maximum atomic E-state index is 14.3. The van der Waals surface area contributed by atoms with Crippen molar-refractivity contribution in [3.63, 3.8) is 0 Å². The van der Waals surface area contributed by atoms with Crippen LogP contribution in [0.4, 0.5) is 8.78 Å². The lowest BCUT2D eigenvalue weighted by Crippen LogP contribution is -2.37. The van der Waals surface area contributed by atoms with Crippen LogP contribution in [0.5, 0.6) is 0 Å². The summed E-state index contributed by atoms with van der Waals surface area (Å²) >= 11 is 0. The van der Waals surface area contributed by atoms with Crippen molar-refractivity contribution >= 4 is 11.8 Å². The summed E-state index contributed by atoms with van der Waals surface area (Å²) in [6.45, 7) is 13.1. The predicted octanol–water partition coefficient (Wildman–Crippen LogP) is 5.20. The Bertz CT molecular complexity index is 1430. The van der Waals surface area contributed by atoms with E-state index in [1.807, 2.05) is 34.6 Å². The highest BCUT2D eigenvalue weighted by molar-refractivity contribution is 6.02. The Balaban J connectivity index is 2.08. The van der Waals surface area contributed by atoms with Crippen molar-refractivity contribution in [1.82, 2.24) is 20.2 Å². The van der Waals surface area contributed by atoms with Crippen LogP contribution in [-0.4, -0.2) is 57.5 Å². The molecule has 0 saturated carbocycles. The minimum Gasteiger partial charge on any atom is -0.391 e. The number of nitrogens with two attached hydrogens (primary N) is 1. The van der Waals surface area contributed by atoms with Gasteiger partial charge in [0, 0.05) is 60.9 Å². The Kier molecular flexibility index (Phi) is 12.1. The summed E-state index contributed by atoms with van der Waals surface area (Å²) < 4.78 is 28.5. The summed E-state index contributed by atoms with van der Waals surface area (Å²) in [6, 6.07) is 8.20. The van der Waals surface area contributed by atoms with E-state index >= 15 is 0 Å². The number of nitrogens with zero attached hydrogens (tertiary/aromatic N) is 3. The standard InChI is InChI=1S/C34H45F2N5O3/c1-7-11-41(12-8-2)32(44)28-14-21(3)13-27(31(37)43)30(28)26(17-22-15-23(35)18-24(36)16-22)29(42)20-38-19-25-9-10-39-33(40-25)34(4,5)6/h9-10,13-16,18,26,29,38,42H,7-8,11-12,17,19-20H2,1-6H3,(H2,37,43)/t26-,29+/m1/s1. The number of benzene rings is 2. The molecule has 0 fully saturated rings. The predicted molar refractivity (Wildman–Crippen MR) is 167 cm³/mol. The molecule has 238 valence electrons. The average molecular weight is 610 g/mol. The lowest BCUT2D eigenvalue weighted by atomic mass is 9.80. The number of nitrogens with one attached hydrogen (secondary N) is 1. The molecule has 8 nitrogen and oxygen atoms in total.